The van der Waals surface area contributed by atoms with Gasteiger partial charge in [0.05, 0.1) is 10.9 Å². The molecule has 0 radical (unpaired) electrons. The van der Waals surface area contributed by atoms with Crippen molar-refractivity contribution in [3.63, 3.8) is 0 Å². The zero-order valence-electron chi connectivity index (χ0n) is 16.8. The summed E-state index contributed by atoms with van der Waals surface area (Å²) >= 11 is 1.33. The fourth-order valence-corrected chi connectivity index (χ4v) is 3.65. The molecule has 6 nitrogen and oxygen atoms in total. The molecule has 0 fully saturated rings. The molecule has 1 aromatic heterocycles. The van der Waals surface area contributed by atoms with Crippen LogP contribution in [0.3, 0.4) is 0 Å². The van der Waals surface area contributed by atoms with Gasteiger partial charge in [-0.25, -0.2) is 0 Å². The molecule has 7 heteroatoms. The van der Waals surface area contributed by atoms with E-state index in [1.54, 1.807) is 4.68 Å². The Morgan fingerprint density at radius 1 is 1.07 bits per heavy atom. The highest BCUT2D eigenvalue weighted by molar-refractivity contribution is 8.00. The number of aromatic nitrogens is 4. The number of amides is 1. The molecule has 146 valence electrons. The number of carbonyl (C=O) groups excluding carboxylic acids is 1. The van der Waals surface area contributed by atoms with Gasteiger partial charge in [-0.05, 0) is 66.4 Å². The van der Waals surface area contributed by atoms with E-state index in [1.165, 1.54) is 22.9 Å². The average molecular weight is 396 g/mol. The molecule has 2 aromatic carbocycles. The Labute approximate surface area is 169 Å². The van der Waals surface area contributed by atoms with Crippen molar-refractivity contribution in [1.29, 1.82) is 0 Å². The zero-order valence-corrected chi connectivity index (χ0v) is 17.6. The third kappa shape index (κ3) is 4.59. The van der Waals surface area contributed by atoms with Crippen LogP contribution >= 0.6 is 11.8 Å². The molecule has 0 spiro atoms. The largest absolute Gasteiger partial charge is 0.325 e. The third-order valence-corrected chi connectivity index (χ3v) is 5.55. The van der Waals surface area contributed by atoms with E-state index in [9.17, 15) is 4.79 Å². The first-order valence-electron chi connectivity index (χ1n) is 9.28. The van der Waals surface area contributed by atoms with Gasteiger partial charge in [0.1, 0.15) is 0 Å². The lowest BCUT2D eigenvalue weighted by molar-refractivity contribution is -0.115. The van der Waals surface area contributed by atoms with Gasteiger partial charge >= 0.3 is 0 Å². The summed E-state index contributed by atoms with van der Waals surface area (Å²) in [5, 5.41) is 15.2. The highest BCUT2D eigenvalue weighted by atomic mass is 32.2. The Bertz CT molecular complexity index is 965. The third-order valence-electron chi connectivity index (χ3n) is 4.52. The van der Waals surface area contributed by atoms with Crippen LogP contribution in [0.25, 0.3) is 5.69 Å². The molecule has 1 atom stereocenters. The molecule has 0 saturated heterocycles. The topological polar surface area (TPSA) is 72.7 Å². The molecule has 0 aliphatic rings. The van der Waals surface area contributed by atoms with Gasteiger partial charge in [-0.3, -0.25) is 4.79 Å². The van der Waals surface area contributed by atoms with Crippen LogP contribution in [0, 0.1) is 13.8 Å². The second-order valence-electron chi connectivity index (χ2n) is 7.19. The second kappa shape index (κ2) is 8.56. The first kappa shape index (κ1) is 20.1. The molecule has 0 saturated carbocycles. The molecule has 3 aromatic rings. The first-order valence-corrected chi connectivity index (χ1v) is 10.2. The minimum Gasteiger partial charge on any atom is -0.325 e. The van der Waals surface area contributed by atoms with Crippen molar-refractivity contribution in [3.05, 3.63) is 59.2 Å². The Morgan fingerprint density at radius 3 is 2.43 bits per heavy atom. The van der Waals surface area contributed by atoms with Gasteiger partial charge < -0.3 is 5.32 Å². The number of benzene rings is 2. The van der Waals surface area contributed by atoms with Crippen molar-refractivity contribution >= 4 is 23.4 Å². The molecule has 0 unspecified atom stereocenters. The predicted octanol–water partition coefficient (Wildman–Crippen LogP) is 4.52. The van der Waals surface area contributed by atoms with Crippen LogP contribution in [-0.2, 0) is 4.79 Å². The summed E-state index contributed by atoms with van der Waals surface area (Å²) in [7, 11) is 0. The number of rotatable bonds is 6. The Balaban J connectivity index is 1.70. The first-order chi connectivity index (χ1) is 13.3. The number of thioether (sulfide) groups is 1. The van der Waals surface area contributed by atoms with Crippen molar-refractivity contribution < 1.29 is 4.79 Å². The highest BCUT2D eigenvalue weighted by Gasteiger charge is 2.20. The maximum Gasteiger partial charge on any atom is 0.237 e. The lowest BCUT2D eigenvalue weighted by atomic mass is 10.0. The van der Waals surface area contributed by atoms with Gasteiger partial charge in [0.25, 0.3) is 0 Å². The van der Waals surface area contributed by atoms with Gasteiger partial charge in [-0.1, -0.05) is 55.4 Å². The van der Waals surface area contributed by atoms with E-state index in [0.29, 0.717) is 11.1 Å². The lowest BCUT2D eigenvalue weighted by Gasteiger charge is -2.13. The summed E-state index contributed by atoms with van der Waals surface area (Å²) in [5.74, 6) is 0.376. The van der Waals surface area contributed by atoms with E-state index >= 15 is 0 Å². The van der Waals surface area contributed by atoms with Crippen LogP contribution in [0.2, 0.25) is 0 Å². The summed E-state index contributed by atoms with van der Waals surface area (Å²) in [6.07, 6.45) is 0. The summed E-state index contributed by atoms with van der Waals surface area (Å²) in [5.41, 5.74) is 5.20. The van der Waals surface area contributed by atoms with Gasteiger partial charge in [0.2, 0.25) is 11.1 Å². The molecular formula is C21H25N5OS. The molecule has 0 aliphatic carbocycles. The van der Waals surface area contributed by atoms with Gasteiger partial charge in [0, 0.05) is 5.69 Å². The normalized spacial score (nSPS) is 12.2. The number of nitrogens with one attached hydrogen (secondary N) is 1. The Hall–Kier alpha value is -2.67. The van der Waals surface area contributed by atoms with Crippen molar-refractivity contribution in [2.75, 3.05) is 5.32 Å². The Kier molecular flexibility index (Phi) is 6.14. The number of anilines is 1. The molecule has 3 rings (SSSR count). The molecule has 0 bridgehead atoms. The number of hydrogen-bond donors (Lipinski definition) is 1. The SMILES string of the molecule is Cc1ccc(-n2nnnc2S[C@H](C)C(=O)Nc2ccc(C(C)C)cc2)c(C)c1. The van der Waals surface area contributed by atoms with Crippen LogP contribution < -0.4 is 5.32 Å². The fraction of sp³-hybridized carbons (Fsp3) is 0.333. The fourth-order valence-electron chi connectivity index (χ4n) is 2.85. The van der Waals surface area contributed by atoms with Crippen molar-refractivity contribution in [2.45, 2.75) is 50.9 Å². The predicted molar refractivity (Wildman–Crippen MR) is 113 cm³/mol. The maximum absolute atomic E-state index is 12.6. The molecule has 1 amide bonds. The highest BCUT2D eigenvalue weighted by Crippen LogP contribution is 2.26. The number of aryl methyl sites for hydroxylation is 2. The van der Waals surface area contributed by atoms with Gasteiger partial charge in [0.15, 0.2) is 0 Å². The lowest BCUT2D eigenvalue weighted by Crippen LogP contribution is -2.23. The second-order valence-corrected chi connectivity index (χ2v) is 8.50. The maximum atomic E-state index is 12.6. The van der Waals surface area contributed by atoms with E-state index in [0.717, 1.165) is 16.9 Å². The van der Waals surface area contributed by atoms with E-state index < -0.39 is 0 Å². The van der Waals surface area contributed by atoms with Crippen molar-refractivity contribution in [2.24, 2.45) is 0 Å². The van der Waals surface area contributed by atoms with Gasteiger partial charge in [-0.2, -0.15) is 4.68 Å². The average Bonchev–Trinajstić information content (AvgIpc) is 3.10. The van der Waals surface area contributed by atoms with Crippen molar-refractivity contribution in [3.8, 4) is 5.69 Å². The molecule has 0 aliphatic heterocycles. The number of nitrogens with zero attached hydrogens (tertiary/aromatic N) is 4. The smallest absolute Gasteiger partial charge is 0.237 e. The molecule has 1 heterocycles. The standard InChI is InChI=1S/C21H25N5OS/c1-13(2)17-7-9-18(10-8-17)22-20(27)16(5)28-21-23-24-25-26(21)19-11-6-14(3)12-15(19)4/h6-13,16H,1-5H3,(H,22,27)/t16-/m1/s1. The van der Waals surface area contributed by atoms with Crippen LogP contribution in [-0.4, -0.2) is 31.4 Å². The number of carbonyl (C=O) groups is 1. The molecular weight excluding hydrogens is 370 g/mol. The van der Waals surface area contributed by atoms with E-state index in [4.69, 9.17) is 0 Å². The minimum atomic E-state index is -0.347. The summed E-state index contributed by atoms with van der Waals surface area (Å²) in [6, 6.07) is 14.1. The van der Waals surface area contributed by atoms with E-state index in [1.807, 2.05) is 57.2 Å². The monoisotopic (exact) mass is 395 g/mol. The zero-order chi connectivity index (χ0) is 20.3. The quantitative estimate of drug-likeness (QED) is 0.621. The minimum absolute atomic E-state index is 0.0857. The molecule has 1 N–H and O–H groups in total. The van der Waals surface area contributed by atoms with Crippen LogP contribution in [0.4, 0.5) is 5.69 Å². The summed E-state index contributed by atoms with van der Waals surface area (Å²) in [4.78, 5) is 12.6. The van der Waals surface area contributed by atoms with Gasteiger partial charge in [-0.15, -0.1) is 5.10 Å². The van der Waals surface area contributed by atoms with Crippen LogP contribution in [0.1, 0.15) is 43.4 Å². The van der Waals surface area contributed by atoms with Crippen LogP contribution in [0.5, 0.6) is 0 Å². The number of hydrogen-bond acceptors (Lipinski definition) is 5. The Morgan fingerprint density at radius 2 is 1.79 bits per heavy atom. The molecule has 28 heavy (non-hydrogen) atoms. The summed E-state index contributed by atoms with van der Waals surface area (Å²) in [6.45, 7) is 10.2. The van der Waals surface area contributed by atoms with E-state index in [-0.39, 0.29) is 11.2 Å². The number of tetrazole rings is 1. The van der Waals surface area contributed by atoms with Crippen molar-refractivity contribution in [1.82, 2.24) is 20.2 Å². The van der Waals surface area contributed by atoms with E-state index in [2.05, 4.69) is 40.8 Å². The summed E-state index contributed by atoms with van der Waals surface area (Å²) < 4.78 is 1.68. The van der Waals surface area contributed by atoms with Crippen LogP contribution in [0.15, 0.2) is 47.6 Å².